The van der Waals surface area contributed by atoms with Crippen molar-refractivity contribution in [2.45, 2.75) is 6.42 Å². The zero-order chi connectivity index (χ0) is 9.61. The van der Waals surface area contributed by atoms with Gasteiger partial charge in [0.15, 0.2) is 0 Å². The molecular formula is C9H19NO3. The minimum absolute atomic E-state index is 0. The van der Waals surface area contributed by atoms with Crippen LogP contribution in [-0.4, -0.2) is 50.2 Å². The van der Waals surface area contributed by atoms with Crippen molar-refractivity contribution in [2.24, 2.45) is 0 Å². The van der Waals surface area contributed by atoms with Crippen LogP contribution in [0.5, 0.6) is 0 Å². The van der Waals surface area contributed by atoms with E-state index in [1.807, 2.05) is 0 Å². The fraction of sp³-hybridized carbons (Fsp3) is 0.667. The van der Waals surface area contributed by atoms with Gasteiger partial charge in [0.2, 0.25) is 0 Å². The summed E-state index contributed by atoms with van der Waals surface area (Å²) in [6.45, 7) is 4.80. The van der Waals surface area contributed by atoms with Gasteiger partial charge in [-0.2, -0.15) is 0 Å². The van der Waals surface area contributed by atoms with E-state index in [1.165, 1.54) is 6.08 Å². The zero-order valence-corrected chi connectivity index (χ0v) is 8.62. The molecule has 0 spiro atoms. The highest BCUT2D eigenvalue weighted by molar-refractivity contribution is 5.81. The van der Waals surface area contributed by atoms with Crippen LogP contribution in [0.2, 0.25) is 0 Å². The van der Waals surface area contributed by atoms with Gasteiger partial charge >= 0.3 is 5.97 Å². The number of quaternary nitrogens is 1. The van der Waals surface area contributed by atoms with Crippen LogP contribution in [-0.2, 0) is 9.53 Å². The van der Waals surface area contributed by atoms with Gasteiger partial charge in [-0.25, -0.2) is 4.79 Å². The van der Waals surface area contributed by atoms with E-state index < -0.39 is 0 Å². The molecule has 0 aromatic heterocycles. The third-order valence-corrected chi connectivity index (χ3v) is 1.38. The first-order valence-electron chi connectivity index (χ1n) is 4.05. The summed E-state index contributed by atoms with van der Waals surface area (Å²) in [5.74, 6) is -0.337. The van der Waals surface area contributed by atoms with Crippen molar-refractivity contribution in [3.63, 3.8) is 0 Å². The molecule has 4 heteroatoms. The fourth-order valence-electron chi connectivity index (χ4n) is 0.771. The molecule has 78 valence electrons. The largest absolute Gasteiger partial charge is 0.870 e. The smallest absolute Gasteiger partial charge is 0.330 e. The standard InChI is InChI=1S/C9H18NO2.H2O/c1-5-9(11)12-8-6-7-10(2,3)4;/h5H,1,6-8H2,2-4H3;1H2/q+1;/p-1. The predicted molar refractivity (Wildman–Crippen MR) is 50.6 cm³/mol. The second-order valence-electron chi connectivity index (χ2n) is 3.74. The number of esters is 1. The van der Waals surface area contributed by atoms with E-state index >= 15 is 0 Å². The Bertz CT molecular complexity index is 161. The van der Waals surface area contributed by atoms with Crippen molar-refractivity contribution in [3.8, 4) is 0 Å². The molecule has 0 unspecified atom stereocenters. The van der Waals surface area contributed by atoms with Gasteiger partial charge < -0.3 is 14.7 Å². The average Bonchev–Trinajstić information content (AvgIpc) is 1.96. The summed E-state index contributed by atoms with van der Waals surface area (Å²) in [4.78, 5) is 10.6. The lowest BCUT2D eigenvalue weighted by molar-refractivity contribution is -0.870. The summed E-state index contributed by atoms with van der Waals surface area (Å²) in [5.41, 5.74) is 0. The van der Waals surface area contributed by atoms with Gasteiger partial charge in [0.05, 0.1) is 34.3 Å². The van der Waals surface area contributed by atoms with Gasteiger partial charge in [-0.15, -0.1) is 0 Å². The Morgan fingerprint density at radius 1 is 1.46 bits per heavy atom. The first-order chi connectivity index (χ1) is 5.45. The summed E-state index contributed by atoms with van der Waals surface area (Å²) in [5, 5.41) is 0. The molecule has 0 aliphatic carbocycles. The Labute approximate surface area is 79.7 Å². The molecule has 0 saturated carbocycles. The lowest BCUT2D eigenvalue weighted by atomic mass is 10.4. The molecule has 0 saturated heterocycles. The minimum atomic E-state index is -0.337. The molecule has 0 aromatic carbocycles. The maximum absolute atomic E-state index is 10.6. The highest BCUT2D eigenvalue weighted by Crippen LogP contribution is 1.94. The van der Waals surface area contributed by atoms with E-state index in [0.29, 0.717) is 6.61 Å². The molecule has 0 atom stereocenters. The highest BCUT2D eigenvalue weighted by Gasteiger charge is 2.06. The van der Waals surface area contributed by atoms with Crippen molar-refractivity contribution in [3.05, 3.63) is 12.7 Å². The topological polar surface area (TPSA) is 56.3 Å². The van der Waals surface area contributed by atoms with Gasteiger partial charge in [0.1, 0.15) is 0 Å². The maximum Gasteiger partial charge on any atom is 0.330 e. The molecular weight excluding hydrogens is 170 g/mol. The van der Waals surface area contributed by atoms with Crippen LogP contribution in [0.4, 0.5) is 0 Å². The van der Waals surface area contributed by atoms with Gasteiger partial charge in [-0.05, 0) is 0 Å². The molecule has 0 amide bonds. The zero-order valence-electron chi connectivity index (χ0n) is 8.62. The highest BCUT2D eigenvalue weighted by atomic mass is 16.5. The van der Waals surface area contributed by atoms with Crippen molar-refractivity contribution >= 4 is 5.97 Å². The number of rotatable bonds is 5. The number of nitrogens with zero attached hydrogens (tertiary/aromatic N) is 1. The number of ether oxygens (including phenoxy) is 1. The van der Waals surface area contributed by atoms with Crippen molar-refractivity contribution in [1.82, 2.24) is 0 Å². The molecule has 0 aliphatic heterocycles. The maximum atomic E-state index is 10.6. The van der Waals surface area contributed by atoms with Crippen molar-refractivity contribution < 1.29 is 19.5 Å². The predicted octanol–water partition coefficient (Wildman–Crippen LogP) is 0.635. The Kier molecular flexibility index (Phi) is 7.46. The molecule has 0 bridgehead atoms. The lowest BCUT2D eigenvalue weighted by Crippen LogP contribution is -2.35. The van der Waals surface area contributed by atoms with Crippen LogP contribution in [0.3, 0.4) is 0 Å². The van der Waals surface area contributed by atoms with E-state index in [4.69, 9.17) is 4.74 Å². The Morgan fingerprint density at radius 2 is 2.00 bits per heavy atom. The van der Waals surface area contributed by atoms with Crippen LogP contribution in [0.25, 0.3) is 0 Å². The molecule has 0 heterocycles. The van der Waals surface area contributed by atoms with Crippen molar-refractivity contribution in [1.29, 1.82) is 0 Å². The second-order valence-corrected chi connectivity index (χ2v) is 3.74. The second kappa shape index (κ2) is 6.62. The molecule has 1 N–H and O–H groups in total. The number of carbonyl (C=O) groups excluding carboxylic acids is 1. The summed E-state index contributed by atoms with van der Waals surface area (Å²) >= 11 is 0. The van der Waals surface area contributed by atoms with Gasteiger partial charge in [0.25, 0.3) is 0 Å². The monoisotopic (exact) mass is 189 g/mol. The van der Waals surface area contributed by atoms with Gasteiger partial charge in [-0.3, -0.25) is 0 Å². The van der Waals surface area contributed by atoms with E-state index in [1.54, 1.807) is 0 Å². The first kappa shape index (κ1) is 14.6. The van der Waals surface area contributed by atoms with E-state index in [0.717, 1.165) is 17.4 Å². The summed E-state index contributed by atoms with van der Waals surface area (Å²) in [6.07, 6.45) is 2.08. The summed E-state index contributed by atoms with van der Waals surface area (Å²) in [7, 11) is 6.32. The third kappa shape index (κ3) is 11.1. The SMILES string of the molecule is C=CC(=O)OCCC[N+](C)(C)C.[OH-]. The molecule has 0 aromatic rings. The van der Waals surface area contributed by atoms with E-state index in [-0.39, 0.29) is 11.4 Å². The number of hydrogen-bond donors (Lipinski definition) is 0. The number of carbonyl (C=O) groups is 1. The van der Waals surface area contributed by atoms with E-state index in [2.05, 4.69) is 27.7 Å². The summed E-state index contributed by atoms with van der Waals surface area (Å²) in [6, 6.07) is 0. The number of hydrogen-bond acceptors (Lipinski definition) is 3. The molecule has 0 aliphatic rings. The normalized spacial score (nSPS) is 10.1. The molecule has 0 rings (SSSR count). The van der Waals surface area contributed by atoms with Gasteiger partial charge in [-0.1, -0.05) is 6.58 Å². The Morgan fingerprint density at radius 3 is 2.38 bits per heavy atom. The molecule has 13 heavy (non-hydrogen) atoms. The lowest BCUT2D eigenvalue weighted by Gasteiger charge is -2.23. The van der Waals surface area contributed by atoms with E-state index in [9.17, 15) is 4.79 Å². The van der Waals surface area contributed by atoms with Crippen LogP contribution in [0, 0.1) is 0 Å². The van der Waals surface area contributed by atoms with Crippen LogP contribution < -0.4 is 0 Å². The molecule has 0 fully saturated rings. The minimum Gasteiger partial charge on any atom is -0.870 e. The molecule has 0 radical (unpaired) electrons. The van der Waals surface area contributed by atoms with Gasteiger partial charge in [0, 0.05) is 12.5 Å². The Balaban J connectivity index is 0. The Hall–Kier alpha value is -0.870. The average molecular weight is 189 g/mol. The molecule has 4 nitrogen and oxygen atoms in total. The first-order valence-corrected chi connectivity index (χ1v) is 4.05. The quantitative estimate of drug-likeness (QED) is 0.276. The fourth-order valence-corrected chi connectivity index (χ4v) is 0.771. The van der Waals surface area contributed by atoms with Crippen molar-refractivity contribution in [2.75, 3.05) is 34.3 Å². The van der Waals surface area contributed by atoms with Crippen LogP contribution >= 0.6 is 0 Å². The van der Waals surface area contributed by atoms with Crippen LogP contribution in [0.1, 0.15) is 6.42 Å². The van der Waals surface area contributed by atoms with Crippen LogP contribution in [0.15, 0.2) is 12.7 Å². The third-order valence-electron chi connectivity index (χ3n) is 1.38. The summed E-state index contributed by atoms with van der Waals surface area (Å²) < 4.78 is 5.71.